The number of rotatable bonds is 7. The minimum atomic E-state index is -0.934. The van der Waals surface area contributed by atoms with Crippen molar-refractivity contribution >= 4 is 23.6 Å². The highest BCUT2D eigenvalue weighted by atomic mass is 16.6. The first-order valence-electron chi connectivity index (χ1n) is 10.7. The number of hydrogen-bond acceptors (Lipinski definition) is 4. The first-order valence-corrected chi connectivity index (χ1v) is 10.7. The summed E-state index contributed by atoms with van der Waals surface area (Å²) in [6.45, 7) is 2.18. The second-order valence-electron chi connectivity index (χ2n) is 8.10. The fraction of sp³-hybridized carbons (Fsp3) is 0.192. The van der Waals surface area contributed by atoms with Gasteiger partial charge in [0.15, 0.2) is 12.1 Å². The zero-order valence-electron chi connectivity index (χ0n) is 18.2. The zero-order valence-corrected chi connectivity index (χ0v) is 18.2. The van der Waals surface area contributed by atoms with Crippen molar-refractivity contribution in [3.8, 4) is 0 Å². The van der Waals surface area contributed by atoms with Crippen molar-refractivity contribution in [3.05, 3.63) is 101 Å². The van der Waals surface area contributed by atoms with Crippen molar-refractivity contribution in [1.82, 2.24) is 4.90 Å². The molecule has 3 N–H and O–H groups in total. The topological polar surface area (TPSA) is 102 Å². The summed E-state index contributed by atoms with van der Waals surface area (Å²) < 4.78 is 5.54. The van der Waals surface area contributed by atoms with Crippen LogP contribution in [0.1, 0.15) is 28.4 Å². The van der Waals surface area contributed by atoms with Gasteiger partial charge in [-0.1, -0.05) is 72.3 Å². The van der Waals surface area contributed by atoms with E-state index in [4.69, 9.17) is 10.5 Å². The van der Waals surface area contributed by atoms with Gasteiger partial charge in [-0.2, -0.15) is 0 Å². The van der Waals surface area contributed by atoms with Gasteiger partial charge in [-0.15, -0.1) is 0 Å². The summed E-state index contributed by atoms with van der Waals surface area (Å²) in [5, 5.41) is 2.85. The Hall–Kier alpha value is -4.13. The number of primary amides is 1. The average Bonchev–Trinajstić information content (AvgIpc) is 3.11. The SMILES string of the molecule is Cc1cccc(CN2C(=O)OC(c3ccc(NC(=O)Cc4ccccc4)cc3)C2C(N)=O)c1. The van der Waals surface area contributed by atoms with Gasteiger partial charge in [-0.25, -0.2) is 4.79 Å². The summed E-state index contributed by atoms with van der Waals surface area (Å²) in [4.78, 5) is 38.5. The second-order valence-corrected chi connectivity index (χ2v) is 8.10. The number of nitrogens with two attached hydrogens (primary N) is 1. The van der Waals surface area contributed by atoms with Crippen LogP contribution in [0.25, 0.3) is 0 Å². The van der Waals surface area contributed by atoms with Crippen LogP contribution in [0.5, 0.6) is 0 Å². The largest absolute Gasteiger partial charge is 0.438 e. The minimum Gasteiger partial charge on any atom is -0.438 e. The summed E-state index contributed by atoms with van der Waals surface area (Å²) in [7, 11) is 0. The number of carbonyl (C=O) groups is 3. The fourth-order valence-electron chi connectivity index (χ4n) is 3.98. The van der Waals surface area contributed by atoms with E-state index in [0.29, 0.717) is 11.3 Å². The fourth-order valence-corrected chi connectivity index (χ4v) is 3.98. The Morgan fingerprint density at radius 1 is 0.970 bits per heavy atom. The molecular weight excluding hydrogens is 418 g/mol. The molecule has 7 nitrogen and oxygen atoms in total. The molecule has 0 bridgehead atoms. The number of nitrogens with zero attached hydrogens (tertiary/aromatic N) is 1. The molecule has 3 aromatic carbocycles. The summed E-state index contributed by atoms with van der Waals surface area (Å²) in [5.41, 5.74) is 9.75. The Morgan fingerprint density at radius 3 is 2.33 bits per heavy atom. The van der Waals surface area contributed by atoms with Crippen LogP contribution >= 0.6 is 0 Å². The molecule has 1 heterocycles. The lowest BCUT2D eigenvalue weighted by molar-refractivity contribution is -0.123. The van der Waals surface area contributed by atoms with Crippen molar-refractivity contribution in [2.24, 2.45) is 5.73 Å². The van der Waals surface area contributed by atoms with E-state index in [1.807, 2.05) is 61.5 Å². The Kier molecular flexibility index (Phi) is 6.40. The molecule has 4 rings (SSSR count). The molecule has 0 spiro atoms. The smallest absolute Gasteiger partial charge is 0.411 e. The van der Waals surface area contributed by atoms with E-state index in [0.717, 1.165) is 16.7 Å². The van der Waals surface area contributed by atoms with Gasteiger partial charge in [-0.05, 0) is 35.7 Å². The monoisotopic (exact) mass is 443 g/mol. The molecule has 0 aliphatic carbocycles. The molecule has 168 valence electrons. The van der Waals surface area contributed by atoms with Crippen molar-refractivity contribution < 1.29 is 19.1 Å². The van der Waals surface area contributed by atoms with E-state index in [2.05, 4.69) is 5.32 Å². The molecule has 2 atom stereocenters. The molecule has 2 unspecified atom stereocenters. The van der Waals surface area contributed by atoms with Crippen LogP contribution < -0.4 is 11.1 Å². The number of ether oxygens (including phenoxy) is 1. The number of cyclic esters (lactones) is 1. The van der Waals surface area contributed by atoms with E-state index < -0.39 is 24.1 Å². The molecule has 0 saturated carbocycles. The number of nitrogens with one attached hydrogen (secondary N) is 1. The van der Waals surface area contributed by atoms with Gasteiger partial charge in [0.25, 0.3) is 0 Å². The molecule has 0 aromatic heterocycles. The van der Waals surface area contributed by atoms with E-state index >= 15 is 0 Å². The molecule has 1 aliphatic heterocycles. The lowest BCUT2D eigenvalue weighted by Crippen LogP contribution is -2.43. The van der Waals surface area contributed by atoms with Crippen LogP contribution in [0.15, 0.2) is 78.9 Å². The van der Waals surface area contributed by atoms with E-state index in [9.17, 15) is 14.4 Å². The molecular formula is C26H25N3O4. The van der Waals surface area contributed by atoms with Gasteiger partial charge >= 0.3 is 6.09 Å². The van der Waals surface area contributed by atoms with Crippen LogP contribution in [-0.4, -0.2) is 28.8 Å². The molecule has 7 heteroatoms. The summed E-state index contributed by atoms with van der Waals surface area (Å²) in [6.07, 6.45) is -1.15. The van der Waals surface area contributed by atoms with Gasteiger partial charge < -0.3 is 15.8 Å². The van der Waals surface area contributed by atoms with E-state index in [1.54, 1.807) is 24.3 Å². The van der Waals surface area contributed by atoms with E-state index in [1.165, 1.54) is 4.90 Å². The number of carbonyl (C=O) groups excluding carboxylic acids is 3. The predicted octanol–water partition coefficient (Wildman–Crippen LogP) is 3.72. The molecule has 1 saturated heterocycles. The van der Waals surface area contributed by atoms with Crippen LogP contribution in [0.4, 0.5) is 10.5 Å². The lowest BCUT2D eigenvalue weighted by atomic mass is 10.0. The van der Waals surface area contributed by atoms with Gasteiger partial charge in [0.05, 0.1) is 13.0 Å². The summed E-state index contributed by atoms with van der Waals surface area (Å²) >= 11 is 0. The number of aryl methyl sites for hydroxylation is 1. The molecule has 3 amide bonds. The number of hydrogen-bond donors (Lipinski definition) is 2. The maximum atomic E-state index is 12.6. The third kappa shape index (κ3) is 5.20. The third-order valence-electron chi connectivity index (χ3n) is 5.54. The lowest BCUT2D eigenvalue weighted by Gasteiger charge is -2.22. The van der Waals surface area contributed by atoms with Crippen molar-refractivity contribution in [1.29, 1.82) is 0 Å². The molecule has 3 aromatic rings. The first kappa shape index (κ1) is 22.1. The average molecular weight is 444 g/mol. The maximum absolute atomic E-state index is 12.6. The Balaban J connectivity index is 1.46. The van der Waals surface area contributed by atoms with Crippen molar-refractivity contribution in [3.63, 3.8) is 0 Å². The Labute approximate surface area is 192 Å². The van der Waals surface area contributed by atoms with Crippen LogP contribution in [0.2, 0.25) is 0 Å². The third-order valence-corrected chi connectivity index (χ3v) is 5.54. The summed E-state index contributed by atoms with van der Waals surface area (Å²) in [6, 6.07) is 23.1. The number of amides is 3. The van der Waals surface area contributed by atoms with Crippen LogP contribution in [0.3, 0.4) is 0 Å². The second kappa shape index (κ2) is 9.56. The van der Waals surface area contributed by atoms with Gasteiger partial charge in [0, 0.05) is 5.69 Å². The quantitative estimate of drug-likeness (QED) is 0.581. The number of benzene rings is 3. The first-order chi connectivity index (χ1) is 15.9. The molecule has 33 heavy (non-hydrogen) atoms. The molecule has 0 radical (unpaired) electrons. The summed E-state index contributed by atoms with van der Waals surface area (Å²) in [5.74, 6) is -0.778. The standard InChI is InChI=1S/C26H25N3O4/c1-17-6-5-9-19(14-17)16-29-23(25(27)31)24(33-26(29)32)20-10-12-21(13-11-20)28-22(30)15-18-7-3-2-4-8-18/h2-14,23-24H,15-16H2,1H3,(H2,27,31)(H,28,30). The highest BCUT2D eigenvalue weighted by Crippen LogP contribution is 2.34. The highest BCUT2D eigenvalue weighted by molar-refractivity contribution is 5.92. The van der Waals surface area contributed by atoms with E-state index in [-0.39, 0.29) is 18.9 Å². The predicted molar refractivity (Wildman–Crippen MR) is 124 cm³/mol. The van der Waals surface area contributed by atoms with Crippen LogP contribution in [-0.2, 0) is 27.3 Å². The molecule has 1 fully saturated rings. The highest BCUT2D eigenvalue weighted by Gasteiger charge is 2.46. The molecule has 1 aliphatic rings. The Morgan fingerprint density at radius 2 is 1.67 bits per heavy atom. The van der Waals surface area contributed by atoms with Crippen molar-refractivity contribution in [2.75, 3.05) is 5.32 Å². The minimum absolute atomic E-state index is 0.138. The van der Waals surface area contributed by atoms with Crippen LogP contribution in [0, 0.1) is 6.92 Å². The van der Waals surface area contributed by atoms with Gasteiger partial charge in [-0.3, -0.25) is 14.5 Å². The maximum Gasteiger partial charge on any atom is 0.411 e. The normalized spacial score (nSPS) is 17.5. The number of anilines is 1. The van der Waals surface area contributed by atoms with Gasteiger partial charge in [0.2, 0.25) is 11.8 Å². The zero-order chi connectivity index (χ0) is 23.4. The van der Waals surface area contributed by atoms with Gasteiger partial charge in [0.1, 0.15) is 0 Å². The Bertz CT molecular complexity index is 1160. The van der Waals surface area contributed by atoms with Crippen molar-refractivity contribution in [2.45, 2.75) is 32.0 Å².